The summed E-state index contributed by atoms with van der Waals surface area (Å²) >= 11 is 6.11. The Hall–Kier alpha value is -1.63. The standard InChI is InChI=1S/C12H14ClN3O3/c13-8-3-10-6(2-12(18)16-10)1-7(8)9(14)4-19-5-11(15)17/h1,3,9H,2,4-5,14H2,(H2,15,17)(H,16,18). The smallest absolute Gasteiger partial charge is 0.243 e. The third-order valence-electron chi connectivity index (χ3n) is 2.79. The second kappa shape index (κ2) is 5.56. The van der Waals surface area contributed by atoms with Crippen LogP contribution >= 0.6 is 11.6 Å². The summed E-state index contributed by atoms with van der Waals surface area (Å²) in [6.45, 7) is -0.0564. The number of hydrogen-bond donors (Lipinski definition) is 3. The van der Waals surface area contributed by atoms with Crippen LogP contribution in [0.25, 0.3) is 0 Å². The lowest BCUT2D eigenvalue weighted by Crippen LogP contribution is -2.23. The highest BCUT2D eigenvalue weighted by Crippen LogP contribution is 2.32. The van der Waals surface area contributed by atoms with E-state index >= 15 is 0 Å². The molecule has 1 aromatic rings. The van der Waals surface area contributed by atoms with E-state index < -0.39 is 11.9 Å². The van der Waals surface area contributed by atoms with Crippen molar-refractivity contribution >= 4 is 29.1 Å². The zero-order valence-electron chi connectivity index (χ0n) is 10.1. The molecule has 1 heterocycles. The lowest BCUT2D eigenvalue weighted by molar-refractivity contribution is -0.122. The highest BCUT2D eigenvalue weighted by Gasteiger charge is 2.21. The number of benzene rings is 1. The van der Waals surface area contributed by atoms with Gasteiger partial charge in [-0.05, 0) is 17.2 Å². The van der Waals surface area contributed by atoms with E-state index in [1.54, 1.807) is 12.1 Å². The SMILES string of the molecule is NC(=O)COCC(N)c1cc2c(cc1Cl)NC(=O)C2. The van der Waals surface area contributed by atoms with E-state index in [4.69, 9.17) is 27.8 Å². The van der Waals surface area contributed by atoms with Crippen LogP contribution in [0.15, 0.2) is 12.1 Å². The van der Waals surface area contributed by atoms with Gasteiger partial charge < -0.3 is 21.5 Å². The molecular weight excluding hydrogens is 270 g/mol. The Morgan fingerprint density at radius 2 is 2.26 bits per heavy atom. The number of rotatable bonds is 5. The van der Waals surface area contributed by atoms with Gasteiger partial charge in [0.05, 0.1) is 19.1 Å². The van der Waals surface area contributed by atoms with Crippen molar-refractivity contribution in [3.8, 4) is 0 Å². The van der Waals surface area contributed by atoms with Crippen LogP contribution in [-0.4, -0.2) is 25.0 Å². The van der Waals surface area contributed by atoms with Gasteiger partial charge in [-0.2, -0.15) is 0 Å². The minimum atomic E-state index is -0.554. The highest BCUT2D eigenvalue weighted by molar-refractivity contribution is 6.32. The molecule has 1 aliphatic rings. The Morgan fingerprint density at radius 3 is 2.95 bits per heavy atom. The molecule has 0 bridgehead atoms. The molecule has 0 fully saturated rings. The Balaban J connectivity index is 2.10. The van der Waals surface area contributed by atoms with Crippen LogP contribution in [0.2, 0.25) is 5.02 Å². The van der Waals surface area contributed by atoms with Gasteiger partial charge in [-0.1, -0.05) is 17.7 Å². The van der Waals surface area contributed by atoms with Gasteiger partial charge in [0.25, 0.3) is 0 Å². The Kier molecular flexibility index (Phi) is 4.04. The van der Waals surface area contributed by atoms with E-state index in [-0.39, 0.29) is 19.1 Å². The monoisotopic (exact) mass is 283 g/mol. The number of carbonyl (C=O) groups is 2. The molecule has 102 valence electrons. The number of hydrogen-bond acceptors (Lipinski definition) is 4. The molecule has 0 aromatic heterocycles. The number of ether oxygens (including phenoxy) is 1. The predicted octanol–water partition coefficient (Wildman–Crippen LogP) is 0.336. The average Bonchev–Trinajstić information content (AvgIpc) is 2.66. The topological polar surface area (TPSA) is 107 Å². The number of nitrogens with two attached hydrogens (primary N) is 2. The van der Waals surface area contributed by atoms with Gasteiger partial charge in [0.2, 0.25) is 11.8 Å². The van der Waals surface area contributed by atoms with Crippen LogP contribution in [0.5, 0.6) is 0 Å². The van der Waals surface area contributed by atoms with Crippen molar-refractivity contribution in [2.24, 2.45) is 11.5 Å². The quantitative estimate of drug-likeness (QED) is 0.724. The lowest BCUT2D eigenvalue weighted by Gasteiger charge is -2.15. The van der Waals surface area contributed by atoms with Crippen molar-refractivity contribution < 1.29 is 14.3 Å². The first kappa shape index (κ1) is 13.8. The van der Waals surface area contributed by atoms with Crippen molar-refractivity contribution in [2.75, 3.05) is 18.5 Å². The second-order valence-corrected chi connectivity index (χ2v) is 4.75. The van der Waals surface area contributed by atoms with E-state index in [2.05, 4.69) is 5.32 Å². The van der Waals surface area contributed by atoms with E-state index in [1.807, 2.05) is 0 Å². The third-order valence-corrected chi connectivity index (χ3v) is 3.12. The minimum absolute atomic E-state index is 0.0678. The fourth-order valence-corrected chi connectivity index (χ4v) is 2.23. The van der Waals surface area contributed by atoms with E-state index in [0.29, 0.717) is 22.7 Å². The van der Waals surface area contributed by atoms with E-state index in [0.717, 1.165) is 5.56 Å². The molecule has 0 radical (unpaired) electrons. The summed E-state index contributed by atoms with van der Waals surface area (Å²) in [5, 5.41) is 3.16. The summed E-state index contributed by atoms with van der Waals surface area (Å²) in [5.74, 6) is -0.621. The van der Waals surface area contributed by atoms with Crippen LogP contribution < -0.4 is 16.8 Å². The van der Waals surface area contributed by atoms with Crippen molar-refractivity contribution in [1.29, 1.82) is 0 Å². The average molecular weight is 284 g/mol. The van der Waals surface area contributed by atoms with Crippen LogP contribution in [-0.2, 0) is 20.7 Å². The molecule has 0 saturated heterocycles. The summed E-state index contributed by atoms with van der Waals surface area (Å²) < 4.78 is 5.07. The molecule has 0 aliphatic carbocycles. The van der Waals surface area contributed by atoms with Crippen LogP contribution in [0, 0.1) is 0 Å². The zero-order valence-corrected chi connectivity index (χ0v) is 10.9. The van der Waals surface area contributed by atoms with E-state index in [1.165, 1.54) is 0 Å². The van der Waals surface area contributed by atoms with Gasteiger partial charge in [-0.15, -0.1) is 0 Å². The number of primary amides is 1. The summed E-state index contributed by atoms with van der Waals surface area (Å²) in [6.07, 6.45) is 0.314. The van der Waals surface area contributed by atoms with Gasteiger partial charge in [-0.3, -0.25) is 9.59 Å². The summed E-state index contributed by atoms with van der Waals surface area (Å²) in [4.78, 5) is 21.8. The molecule has 0 saturated carbocycles. The fraction of sp³-hybridized carbons (Fsp3) is 0.333. The number of nitrogens with one attached hydrogen (secondary N) is 1. The second-order valence-electron chi connectivity index (χ2n) is 4.34. The lowest BCUT2D eigenvalue weighted by atomic mass is 10.0. The first-order chi connectivity index (χ1) is 8.97. The molecule has 2 rings (SSSR count). The molecule has 1 atom stereocenters. The van der Waals surface area contributed by atoms with Crippen LogP contribution in [0.4, 0.5) is 5.69 Å². The van der Waals surface area contributed by atoms with Crippen LogP contribution in [0.3, 0.4) is 0 Å². The number of anilines is 1. The van der Waals surface area contributed by atoms with Gasteiger partial charge in [-0.25, -0.2) is 0 Å². The molecule has 5 N–H and O–H groups in total. The molecule has 2 amide bonds. The maximum absolute atomic E-state index is 11.3. The Bertz CT molecular complexity index is 533. The molecule has 0 spiro atoms. The summed E-state index contributed by atoms with van der Waals surface area (Å²) in [7, 11) is 0. The van der Waals surface area contributed by atoms with Crippen molar-refractivity contribution in [3.05, 3.63) is 28.3 Å². The predicted molar refractivity (Wildman–Crippen MR) is 70.7 cm³/mol. The number of halogens is 1. The van der Waals surface area contributed by atoms with E-state index in [9.17, 15) is 9.59 Å². The Morgan fingerprint density at radius 1 is 1.53 bits per heavy atom. The van der Waals surface area contributed by atoms with Crippen molar-refractivity contribution in [1.82, 2.24) is 0 Å². The molecule has 7 heteroatoms. The fourth-order valence-electron chi connectivity index (χ4n) is 1.93. The molecule has 1 unspecified atom stereocenters. The van der Waals surface area contributed by atoms with Crippen molar-refractivity contribution in [3.63, 3.8) is 0 Å². The van der Waals surface area contributed by atoms with Crippen LogP contribution in [0.1, 0.15) is 17.2 Å². The first-order valence-corrected chi connectivity index (χ1v) is 6.09. The number of amides is 2. The zero-order chi connectivity index (χ0) is 14.0. The molecule has 1 aliphatic heterocycles. The largest absolute Gasteiger partial charge is 0.370 e. The normalized spacial score (nSPS) is 14.9. The molecule has 6 nitrogen and oxygen atoms in total. The maximum Gasteiger partial charge on any atom is 0.243 e. The Labute approximate surface area is 115 Å². The molecule has 19 heavy (non-hydrogen) atoms. The molecule has 1 aromatic carbocycles. The van der Waals surface area contributed by atoms with Crippen molar-refractivity contribution in [2.45, 2.75) is 12.5 Å². The van der Waals surface area contributed by atoms with Gasteiger partial charge in [0.15, 0.2) is 0 Å². The third kappa shape index (κ3) is 3.23. The van der Waals surface area contributed by atoms with Gasteiger partial charge in [0.1, 0.15) is 6.61 Å². The summed E-state index contributed by atoms with van der Waals surface area (Å²) in [6, 6.07) is 2.98. The number of fused-ring (bicyclic) bond motifs is 1. The maximum atomic E-state index is 11.3. The highest BCUT2D eigenvalue weighted by atomic mass is 35.5. The van der Waals surface area contributed by atoms with Gasteiger partial charge >= 0.3 is 0 Å². The summed E-state index contributed by atoms with van der Waals surface area (Å²) in [5.41, 5.74) is 13.2. The minimum Gasteiger partial charge on any atom is -0.370 e. The number of carbonyl (C=O) groups excluding carboxylic acids is 2. The first-order valence-electron chi connectivity index (χ1n) is 5.71. The molecular formula is C12H14ClN3O3. The van der Waals surface area contributed by atoms with Gasteiger partial charge in [0, 0.05) is 10.7 Å².